The average molecular weight is 285 g/mol. The van der Waals surface area contributed by atoms with E-state index in [0.29, 0.717) is 5.92 Å². The molecule has 0 radical (unpaired) electrons. The summed E-state index contributed by atoms with van der Waals surface area (Å²) in [5.41, 5.74) is 1.38. The summed E-state index contributed by atoms with van der Waals surface area (Å²) in [6.45, 7) is 7.59. The standard InChI is InChI=1S/C19H27NO/c1-4-14-20-19(18-13-12-16(5-2)21-18)17(6-3)15-10-8-7-9-11-15/h7-13,17,19-20H,4-6,14H2,1-3H3. The molecule has 0 amide bonds. The number of hydrogen-bond donors (Lipinski definition) is 1. The molecule has 1 aromatic carbocycles. The first-order valence-corrected chi connectivity index (χ1v) is 8.17. The summed E-state index contributed by atoms with van der Waals surface area (Å²) < 4.78 is 6.03. The lowest BCUT2D eigenvalue weighted by Gasteiger charge is -2.26. The van der Waals surface area contributed by atoms with Gasteiger partial charge >= 0.3 is 0 Å². The Bertz CT molecular complexity index is 517. The van der Waals surface area contributed by atoms with E-state index in [9.17, 15) is 0 Å². The van der Waals surface area contributed by atoms with Gasteiger partial charge in [-0.25, -0.2) is 0 Å². The van der Waals surface area contributed by atoms with E-state index in [1.54, 1.807) is 0 Å². The molecule has 0 aliphatic carbocycles. The summed E-state index contributed by atoms with van der Waals surface area (Å²) >= 11 is 0. The van der Waals surface area contributed by atoms with Crippen LogP contribution in [0.1, 0.15) is 62.7 Å². The largest absolute Gasteiger partial charge is 0.464 e. The van der Waals surface area contributed by atoms with E-state index in [1.807, 2.05) is 0 Å². The first kappa shape index (κ1) is 15.8. The highest BCUT2D eigenvalue weighted by Gasteiger charge is 2.25. The van der Waals surface area contributed by atoms with Gasteiger partial charge in [0.05, 0.1) is 6.04 Å². The number of hydrogen-bond acceptors (Lipinski definition) is 2. The van der Waals surface area contributed by atoms with Crippen LogP contribution >= 0.6 is 0 Å². The van der Waals surface area contributed by atoms with Crippen LogP contribution in [-0.2, 0) is 6.42 Å². The molecule has 114 valence electrons. The lowest BCUT2D eigenvalue weighted by Crippen LogP contribution is -2.27. The van der Waals surface area contributed by atoms with Gasteiger partial charge in [-0.15, -0.1) is 0 Å². The van der Waals surface area contributed by atoms with Crippen LogP contribution in [0.5, 0.6) is 0 Å². The van der Waals surface area contributed by atoms with E-state index in [2.05, 4.69) is 68.6 Å². The third-order valence-corrected chi connectivity index (χ3v) is 4.02. The van der Waals surface area contributed by atoms with E-state index in [-0.39, 0.29) is 6.04 Å². The van der Waals surface area contributed by atoms with Gasteiger partial charge in [0, 0.05) is 12.3 Å². The second-order valence-corrected chi connectivity index (χ2v) is 5.51. The van der Waals surface area contributed by atoms with Crippen LogP contribution in [0.2, 0.25) is 0 Å². The maximum Gasteiger partial charge on any atom is 0.121 e. The molecule has 1 heterocycles. The number of nitrogens with one attached hydrogen (secondary N) is 1. The van der Waals surface area contributed by atoms with Gasteiger partial charge in [0.1, 0.15) is 11.5 Å². The average Bonchev–Trinajstić information content (AvgIpc) is 3.01. The van der Waals surface area contributed by atoms with Crippen molar-refractivity contribution < 1.29 is 4.42 Å². The smallest absolute Gasteiger partial charge is 0.121 e. The molecule has 0 spiro atoms. The molecule has 1 N–H and O–H groups in total. The summed E-state index contributed by atoms with van der Waals surface area (Å²) in [7, 11) is 0. The molecule has 0 saturated heterocycles. The Morgan fingerprint density at radius 3 is 2.33 bits per heavy atom. The molecule has 2 rings (SSSR count). The van der Waals surface area contributed by atoms with Crippen LogP contribution in [0, 0.1) is 0 Å². The number of rotatable bonds is 8. The van der Waals surface area contributed by atoms with Crippen LogP contribution < -0.4 is 5.32 Å². The third kappa shape index (κ3) is 3.98. The fourth-order valence-corrected chi connectivity index (χ4v) is 2.86. The molecule has 1 aromatic heterocycles. The molecule has 2 nitrogen and oxygen atoms in total. The van der Waals surface area contributed by atoms with Crippen molar-refractivity contribution in [3.8, 4) is 0 Å². The minimum absolute atomic E-state index is 0.248. The molecule has 0 fully saturated rings. The van der Waals surface area contributed by atoms with Crippen molar-refractivity contribution in [3.63, 3.8) is 0 Å². The zero-order chi connectivity index (χ0) is 15.1. The molecule has 0 aliphatic rings. The van der Waals surface area contributed by atoms with Crippen molar-refractivity contribution in [3.05, 3.63) is 59.5 Å². The van der Waals surface area contributed by atoms with Gasteiger partial charge in [0.25, 0.3) is 0 Å². The predicted octanol–water partition coefficient (Wildman–Crippen LogP) is 5.08. The van der Waals surface area contributed by atoms with Crippen LogP contribution in [0.25, 0.3) is 0 Å². The Morgan fingerprint density at radius 1 is 1.00 bits per heavy atom. The van der Waals surface area contributed by atoms with Crippen molar-refractivity contribution >= 4 is 0 Å². The zero-order valence-electron chi connectivity index (χ0n) is 13.4. The highest BCUT2D eigenvalue weighted by atomic mass is 16.3. The van der Waals surface area contributed by atoms with E-state index in [0.717, 1.165) is 37.3 Å². The topological polar surface area (TPSA) is 25.2 Å². The molecular weight excluding hydrogens is 258 g/mol. The quantitative estimate of drug-likeness (QED) is 0.732. The van der Waals surface area contributed by atoms with Gasteiger partial charge in [-0.2, -0.15) is 0 Å². The molecule has 2 aromatic rings. The molecule has 2 heteroatoms. The Balaban J connectivity index is 2.28. The monoisotopic (exact) mass is 285 g/mol. The Hall–Kier alpha value is -1.54. The van der Waals surface area contributed by atoms with E-state index in [4.69, 9.17) is 4.42 Å². The summed E-state index contributed by atoms with van der Waals surface area (Å²) in [6, 6.07) is 15.2. The number of benzene rings is 1. The fourth-order valence-electron chi connectivity index (χ4n) is 2.86. The maximum absolute atomic E-state index is 6.03. The third-order valence-electron chi connectivity index (χ3n) is 4.02. The molecule has 0 bridgehead atoms. The van der Waals surface area contributed by atoms with Gasteiger partial charge in [-0.1, -0.05) is 51.1 Å². The minimum atomic E-state index is 0.248. The molecule has 0 aliphatic heterocycles. The molecule has 2 atom stereocenters. The van der Waals surface area contributed by atoms with Crippen molar-refractivity contribution in [2.24, 2.45) is 0 Å². The van der Waals surface area contributed by atoms with Gasteiger partial charge in [0.15, 0.2) is 0 Å². The molecule has 0 saturated carbocycles. The first-order valence-electron chi connectivity index (χ1n) is 8.17. The van der Waals surface area contributed by atoms with Crippen LogP contribution in [-0.4, -0.2) is 6.54 Å². The lowest BCUT2D eigenvalue weighted by atomic mass is 9.87. The fraction of sp³-hybridized carbons (Fsp3) is 0.474. The summed E-state index contributed by atoms with van der Waals surface area (Å²) in [5, 5.41) is 3.68. The van der Waals surface area contributed by atoms with Crippen LogP contribution in [0.15, 0.2) is 46.9 Å². The summed E-state index contributed by atoms with van der Waals surface area (Å²) in [6.07, 6.45) is 3.17. The highest BCUT2D eigenvalue weighted by Crippen LogP contribution is 2.34. The van der Waals surface area contributed by atoms with Crippen LogP contribution in [0.3, 0.4) is 0 Å². The van der Waals surface area contributed by atoms with E-state index in [1.165, 1.54) is 5.56 Å². The number of aryl methyl sites for hydroxylation is 1. The molecule has 21 heavy (non-hydrogen) atoms. The molecular formula is C19H27NO. The Morgan fingerprint density at radius 2 is 1.76 bits per heavy atom. The van der Waals surface area contributed by atoms with Crippen molar-refractivity contribution in [1.29, 1.82) is 0 Å². The van der Waals surface area contributed by atoms with Crippen molar-refractivity contribution in [1.82, 2.24) is 5.32 Å². The normalized spacial score (nSPS) is 14.0. The lowest BCUT2D eigenvalue weighted by molar-refractivity contribution is 0.348. The Labute approximate surface area is 128 Å². The van der Waals surface area contributed by atoms with Crippen molar-refractivity contribution in [2.45, 2.75) is 52.0 Å². The second-order valence-electron chi connectivity index (χ2n) is 5.51. The minimum Gasteiger partial charge on any atom is -0.464 e. The zero-order valence-corrected chi connectivity index (χ0v) is 13.4. The van der Waals surface area contributed by atoms with E-state index >= 15 is 0 Å². The van der Waals surface area contributed by atoms with Gasteiger partial charge < -0.3 is 9.73 Å². The first-order chi connectivity index (χ1) is 10.3. The summed E-state index contributed by atoms with van der Waals surface area (Å²) in [5.74, 6) is 2.57. The highest BCUT2D eigenvalue weighted by molar-refractivity contribution is 5.24. The maximum atomic E-state index is 6.03. The van der Waals surface area contributed by atoms with Crippen molar-refractivity contribution in [2.75, 3.05) is 6.54 Å². The van der Waals surface area contributed by atoms with Crippen LogP contribution in [0.4, 0.5) is 0 Å². The molecule has 2 unspecified atom stereocenters. The van der Waals surface area contributed by atoms with Gasteiger partial charge in [-0.3, -0.25) is 0 Å². The van der Waals surface area contributed by atoms with Gasteiger partial charge in [-0.05, 0) is 37.1 Å². The predicted molar refractivity (Wildman–Crippen MR) is 88.6 cm³/mol. The second kappa shape index (κ2) is 8.04. The van der Waals surface area contributed by atoms with Gasteiger partial charge in [0.2, 0.25) is 0 Å². The SMILES string of the molecule is CCCNC(c1ccc(CC)o1)C(CC)c1ccccc1. The van der Waals surface area contributed by atoms with E-state index < -0.39 is 0 Å². The Kier molecular flexibility index (Phi) is 6.06. The summed E-state index contributed by atoms with van der Waals surface area (Å²) in [4.78, 5) is 0. The number of furan rings is 1.